The van der Waals surface area contributed by atoms with Crippen LogP contribution in [0.3, 0.4) is 0 Å². The predicted molar refractivity (Wildman–Crippen MR) is 82.4 cm³/mol. The SMILES string of the molecule is CC(O)(CNC(=O)CCNC(=O)c1ccc(Br)cc1)C(=O)O. The number of rotatable bonds is 7. The molecule has 7 nitrogen and oxygen atoms in total. The minimum Gasteiger partial charge on any atom is -0.479 e. The van der Waals surface area contributed by atoms with Crippen molar-refractivity contribution in [2.45, 2.75) is 18.9 Å². The quantitative estimate of drug-likeness (QED) is 0.556. The first-order chi connectivity index (χ1) is 10.2. The lowest BCUT2D eigenvalue weighted by molar-refractivity contribution is -0.156. The lowest BCUT2D eigenvalue weighted by atomic mass is 10.1. The van der Waals surface area contributed by atoms with Crippen LogP contribution in [0.1, 0.15) is 23.7 Å². The Morgan fingerprint density at radius 3 is 2.32 bits per heavy atom. The second-order valence-corrected chi connectivity index (χ2v) is 5.78. The Hall–Kier alpha value is -1.93. The van der Waals surface area contributed by atoms with Crippen LogP contribution in [0.25, 0.3) is 0 Å². The molecule has 4 N–H and O–H groups in total. The van der Waals surface area contributed by atoms with Gasteiger partial charge in [-0.05, 0) is 31.2 Å². The molecule has 0 aliphatic carbocycles. The Kier molecular flexibility index (Phi) is 6.51. The van der Waals surface area contributed by atoms with Crippen LogP contribution in [0.4, 0.5) is 0 Å². The van der Waals surface area contributed by atoms with E-state index in [2.05, 4.69) is 26.6 Å². The van der Waals surface area contributed by atoms with Crippen LogP contribution in [-0.4, -0.2) is 46.7 Å². The van der Waals surface area contributed by atoms with Gasteiger partial charge in [0.15, 0.2) is 5.60 Å². The molecule has 1 aromatic rings. The number of carboxylic acids is 1. The molecule has 2 amide bonds. The van der Waals surface area contributed by atoms with E-state index < -0.39 is 24.0 Å². The van der Waals surface area contributed by atoms with Gasteiger partial charge in [-0.15, -0.1) is 0 Å². The van der Waals surface area contributed by atoms with Gasteiger partial charge in [-0.25, -0.2) is 4.79 Å². The zero-order valence-electron chi connectivity index (χ0n) is 11.9. The van der Waals surface area contributed by atoms with Gasteiger partial charge in [0.1, 0.15) is 0 Å². The molecule has 0 aromatic heterocycles. The van der Waals surface area contributed by atoms with Crippen molar-refractivity contribution in [3.8, 4) is 0 Å². The lowest BCUT2D eigenvalue weighted by Crippen LogP contribution is -2.47. The third kappa shape index (κ3) is 5.82. The Balaban J connectivity index is 2.32. The summed E-state index contributed by atoms with van der Waals surface area (Å²) in [5.74, 6) is -2.19. The van der Waals surface area contributed by atoms with E-state index >= 15 is 0 Å². The van der Waals surface area contributed by atoms with E-state index in [4.69, 9.17) is 5.11 Å². The molecule has 0 fully saturated rings. The van der Waals surface area contributed by atoms with Gasteiger partial charge in [0.05, 0.1) is 6.54 Å². The highest BCUT2D eigenvalue weighted by molar-refractivity contribution is 9.10. The first kappa shape index (κ1) is 18.1. The largest absolute Gasteiger partial charge is 0.479 e. The Bertz CT molecular complexity index is 557. The number of hydrogen-bond acceptors (Lipinski definition) is 4. The van der Waals surface area contributed by atoms with Crippen molar-refractivity contribution in [1.29, 1.82) is 0 Å². The number of hydrogen-bond donors (Lipinski definition) is 4. The maximum atomic E-state index is 11.8. The minimum atomic E-state index is -2.02. The van der Waals surface area contributed by atoms with E-state index in [0.717, 1.165) is 11.4 Å². The maximum Gasteiger partial charge on any atom is 0.337 e. The summed E-state index contributed by atoms with van der Waals surface area (Å²) >= 11 is 3.26. The molecular formula is C14H17BrN2O5. The number of aliphatic hydroxyl groups is 1. The summed E-state index contributed by atoms with van der Waals surface area (Å²) in [4.78, 5) is 33.9. The normalized spacial score (nSPS) is 13.0. The summed E-state index contributed by atoms with van der Waals surface area (Å²) in [5, 5.41) is 23.0. The Morgan fingerprint density at radius 1 is 1.18 bits per heavy atom. The zero-order valence-corrected chi connectivity index (χ0v) is 13.5. The molecule has 120 valence electrons. The van der Waals surface area contributed by atoms with Crippen LogP contribution in [0.2, 0.25) is 0 Å². The first-order valence-electron chi connectivity index (χ1n) is 6.48. The number of amides is 2. The van der Waals surface area contributed by atoms with E-state index in [0.29, 0.717) is 5.56 Å². The highest BCUT2D eigenvalue weighted by Crippen LogP contribution is 2.10. The van der Waals surface area contributed by atoms with Crippen molar-refractivity contribution >= 4 is 33.7 Å². The summed E-state index contributed by atoms with van der Waals surface area (Å²) in [7, 11) is 0. The molecule has 1 atom stereocenters. The average molecular weight is 373 g/mol. The van der Waals surface area contributed by atoms with E-state index in [1.165, 1.54) is 0 Å². The molecule has 8 heteroatoms. The van der Waals surface area contributed by atoms with Gasteiger partial charge in [-0.3, -0.25) is 9.59 Å². The van der Waals surface area contributed by atoms with E-state index in [1.807, 2.05) is 0 Å². The Labute approximate surface area is 135 Å². The molecule has 1 aromatic carbocycles. The smallest absolute Gasteiger partial charge is 0.337 e. The molecule has 1 rings (SSSR count). The topological polar surface area (TPSA) is 116 Å². The number of carbonyl (C=O) groups is 3. The maximum absolute atomic E-state index is 11.8. The number of halogens is 1. The highest BCUT2D eigenvalue weighted by Gasteiger charge is 2.30. The molecule has 0 aliphatic rings. The van der Waals surface area contributed by atoms with Crippen molar-refractivity contribution in [2.75, 3.05) is 13.1 Å². The summed E-state index contributed by atoms with van der Waals surface area (Å²) in [6.45, 7) is 0.794. The molecule has 0 spiro atoms. The van der Waals surface area contributed by atoms with E-state index in [1.54, 1.807) is 24.3 Å². The molecule has 0 saturated heterocycles. The van der Waals surface area contributed by atoms with Crippen molar-refractivity contribution in [2.24, 2.45) is 0 Å². The number of benzene rings is 1. The lowest BCUT2D eigenvalue weighted by Gasteiger charge is -2.18. The average Bonchev–Trinajstić information content (AvgIpc) is 2.45. The van der Waals surface area contributed by atoms with Gasteiger partial charge in [-0.2, -0.15) is 0 Å². The van der Waals surface area contributed by atoms with Crippen LogP contribution >= 0.6 is 15.9 Å². The van der Waals surface area contributed by atoms with Gasteiger partial charge < -0.3 is 20.8 Å². The van der Waals surface area contributed by atoms with Crippen LogP contribution in [0.5, 0.6) is 0 Å². The summed E-state index contributed by atoms with van der Waals surface area (Å²) < 4.78 is 0.855. The second-order valence-electron chi connectivity index (χ2n) is 4.87. The fraction of sp³-hybridized carbons (Fsp3) is 0.357. The molecule has 0 bridgehead atoms. The third-order valence-corrected chi connectivity index (χ3v) is 3.36. The number of carboxylic acid groups (broad SMARTS) is 1. The fourth-order valence-corrected chi connectivity index (χ4v) is 1.69. The van der Waals surface area contributed by atoms with Crippen molar-refractivity contribution in [3.05, 3.63) is 34.3 Å². The van der Waals surface area contributed by atoms with Crippen LogP contribution in [-0.2, 0) is 9.59 Å². The third-order valence-electron chi connectivity index (χ3n) is 2.83. The molecule has 0 heterocycles. The van der Waals surface area contributed by atoms with Crippen LogP contribution in [0.15, 0.2) is 28.7 Å². The summed E-state index contributed by atoms with van der Waals surface area (Å²) in [5.41, 5.74) is -1.55. The van der Waals surface area contributed by atoms with E-state index in [9.17, 15) is 19.5 Å². The van der Waals surface area contributed by atoms with Gasteiger partial charge in [0, 0.05) is 23.0 Å². The monoisotopic (exact) mass is 372 g/mol. The molecule has 0 saturated carbocycles. The zero-order chi connectivity index (χ0) is 16.8. The number of carbonyl (C=O) groups excluding carboxylic acids is 2. The number of aliphatic carboxylic acids is 1. The molecular weight excluding hydrogens is 356 g/mol. The summed E-state index contributed by atoms with van der Waals surface area (Å²) in [6.07, 6.45) is -0.0159. The van der Waals surface area contributed by atoms with Crippen molar-refractivity contribution < 1.29 is 24.6 Å². The minimum absolute atomic E-state index is 0.0159. The molecule has 22 heavy (non-hydrogen) atoms. The standard InChI is InChI=1S/C14H17BrN2O5/c1-14(22,13(20)21)8-17-11(18)6-7-16-12(19)9-2-4-10(15)5-3-9/h2-5,22H,6-8H2,1H3,(H,16,19)(H,17,18)(H,20,21). The number of nitrogens with one attached hydrogen (secondary N) is 2. The highest BCUT2D eigenvalue weighted by atomic mass is 79.9. The van der Waals surface area contributed by atoms with Crippen molar-refractivity contribution in [1.82, 2.24) is 10.6 Å². The second kappa shape index (κ2) is 7.90. The van der Waals surface area contributed by atoms with E-state index in [-0.39, 0.29) is 18.9 Å². The van der Waals surface area contributed by atoms with Gasteiger partial charge >= 0.3 is 5.97 Å². The van der Waals surface area contributed by atoms with Gasteiger partial charge in [0.25, 0.3) is 5.91 Å². The van der Waals surface area contributed by atoms with Crippen molar-refractivity contribution in [3.63, 3.8) is 0 Å². The van der Waals surface area contributed by atoms with Gasteiger partial charge in [0.2, 0.25) is 5.91 Å². The van der Waals surface area contributed by atoms with Gasteiger partial charge in [-0.1, -0.05) is 15.9 Å². The van der Waals surface area contributed by atoms with Crippen LogP contribution < -0.4 is 10.6 Å². The predicted octanol–water partition coefficient (Wildman–Crippen LogP) is 0.521. The van der Waals surface area contributed by atoms with Crippen LogP contribution in [0, 0.1) is 0 Å². The fourth-order valence-electron chi connectivity index (χ4n) is 1.43. The first-order valence-corrected chi connectivity index (χ1v) is 7.28. The molecule has 1 unspecified atom stereocenters. The summed E-state index contributed by atoms with van der Waals surface area (Å²) in [6, 6.07) is 6.75. The molecule has 0 radical (unpaired) electrons. The molecule has 0 aliphatic heterocycles. The Morgan fingerprint density at radius 2 is 1.77 bits per heavy atom.